The van der Waals surface area contributed by atoms with Gasteiger partial charge in [-0.2, -0.15) is 10.2 Å². The van der Waals surface area contributed by atoms with Crippen molar-refractivity contribution < 1.29 is 9.53 Å². The molecule has 1 rings (SSSR count). The second-order valence-electron chi connectivity index (χ2n) is 4.11. The molecule has 3 N–H and O–H groups in total. The van der Waals surface area contributed by atoms with E-state index in [1.165, 1.54) is 0 Å². The number of hydrazone groups is 2. The number of hydrogen-bond donors (Lipinski definition) is 3. The predicted molar refractivity (Wildman–Crippen MR) is 92.4 cm³/mol. The number of hydrogen-bond acceptors (Lipinski definition) is 6. The number of carbonyl (C=O) groups is 1. The number of nitrogens with one attached hydrogen (secondary N) is 3. The lowest BCUT2D eigenvalue weighted by Gasteiger charge is -2.03. The van der Waals surface area contributed by atoms with Crippen LogP contribution in [0.2, 0.25) is 0 Å². The summed E-state index contributed by atoms with van der Waals surface area (Å²) in [5.74, 6) is -0.341. The van der Waals surface area contributed by atoms with Gasteiger partial charge in [0.2, 0.25) is 0 Å². The van der Waals surface area contributed by atoms with E-state index in [-0.39, 0.29) is 5.97 Å². The first-order chi connectivity index (χ1) is 10.6. The van der Waals surface area contributed by atoms with Gasteiger partial charge in [-0.25, -0.2) is 4.79 Å². The lowest BCUT2D eigenvalue weighted by molar-refractivity contribution is 0.0526. The molecule has 118 valence electrons. The molecule has 0 fully saturated rings. The van der Waals surface area contributed by atoms with Crippen LogP contribution < -0.4 is 16.2 Å². The lowest BCUT2D eigenvalue weighted by atomic mass is 10.2. The van der Waals surface area contributed by atoms with Crippen LogP contribution in [0.4, 0.5) is 5.69 Å². The lowest BCUT2D eigenvalue weighted by Crippen LogP contribution is -2.29. The van der Waals surface area contributed by atoms with Gasteiger partial charge >= 0.3 is 5.97 Å². The number of benzene rings is 1. The summed E-state index contributed by atoms with van der Waals surface area (Å²) in [5.41, 5.74) is 7.38. The fourth-order valence-corrected chi connectivity index (χ4v) is 1.36. The summed E-state index contributed by atoms with van der Waals surface area (Å²) in [6.07, 6.45) is 1.55. The van der Waals surface area contributed by atoms with Gasteiger partial charge in [-0.1, -0.05) is 0 Å². The molecule has 0 atom stereocenters. The smallest absolute Gasteiger partial charge is 0.338 e. The fourth-order valence-electron chi connectivity index (χ4n) is 1.32. The zero-order valence-corrected chi connectivity index (χ0v) is 13.5. The molecule has 0 aliphatic heterocycles. The SMILES string of the molecule is CCOC(=O)c1ccc(N/N=C/C(C)=N/NC(=S)NC)cc1. The molecular formula is C14H19N5O2S. The summed E-state index contributed by atoms with van der Waals surface area (Å²) in [7, 11) is 1.70. The highest BCUT2D eigenvalue weighted by molar-refractivity contribution is 7.80. The van der Waals surface area contributed by atoms with Crippen molar-refractivity contribution >= 4 is 40.9 Å². The Hall–Kier alpha value is -2.48. The van der Waals surface area contributed by atoms with E-state index in [4.69, 9.17) is 17.0 Å². The monoisotopic (exact) mass is 321 g/mol. The van der Waals surface area contributed by atoms with Crippen molar-refractivity contribution in [2.75, 3.05) is 19.1 Å². The number of ether oxygens (including phenoxy) is 1. The van der Waals surface area contributed by atoms with Gasteiger partial charge < -0.3 is 10.1 Å². The van der Waals surface area contributed by atoms with Crippen molar-refractivity contribution in [3.8, 4) is 0 Å². The first-order valence-corrected chi connectivity index (χ1v) is 7.06. The van der Waals surface area contributed by atoms with E-state index in [0.29, 0.717) is 23.0 Å². The Morgan fingerprint density at radius 2 is 2.05 bits per heavy atom. The van der Waals surface area contributed by atoms with Crippen molar-refractivity contribution in [3.05, 3.63) is 29.8 Å². The van der Waals surface area contributed by atoms with Gasteiger partial charge in [-0.15, -0.1) is 0 Å². The van der Waals surface area contributed by atoms with Gasteiger partial charge in [0.1, 0.15) is 0 Å². The molecule has 0 bridgehead atoms. The molecule has 1 aromatic carbocycles. The van der Waals surface area contributed by atoms with Crippen LogP contribution in [0, 0.1) is 0 Å². The largest absolute Gasteiger partial charge is 0.462 e. The van der Waals surface area contributed by atoms with E-state index >= 15 is 0 Å². The van der Waals surface area contributed by atoms with Gasteiger partial charge in [0, 0.05) is 7.05 Å². The van der Waals surface area contributed by atoms with Gasteiger partial charge in [0.05, 0.1) is 29.8 Å². The number of esters is 1. The fraction of sp³-hybridized carbons (Fsp3) is 0.286. The van der Waals surface area contributed by atoms with E-state index in [0.717, 1.165) is 5.69 Å². The summed E-state index contributed by atoms with van der Waals surface area (Å²) in [4.78, 5) is 11.5. The summed E-state index contributed by atoms with van der Waals surface area (Å²) < 4.78 is 4.91. The Bertz CT molecular complexity index is 569. The average Bonchev–Trinajstić information content (AvgIpc) is 2.53. The molecule has 7 nitrogen and oxygen atoms in total. The summed E-state index contributed by atoms with van der Waals surface area (Å²) in [6, 6.07) is 6.82. The van der Waals surface area contributed by atoms with Crippen molar-refractivity contribution in [2.24, 2.45) is 10.2 Å². The number of nitrogens with zero attached hydrogens (tertiary/aromatic N) is 2. The van der Waals surface area contributed by atoms with Crippen LogP contribution in [0.25, 0.3) is 0 Å². The van der Waals surface area contributed by atoms with Crippen LogP contribution in [0.15, 0.2) is 34.5 Å². The molecule has 0 aromatic heterocycles. The minimum atomic E-state index is -0.341. The molecule has 0 radical (unpaired) electrons. The molecule has 0 spiro atoms. The third-order valence-corrected chi connectivity index (χ3v) is 2.70. The van der Waals surface area contributed by atoms with Crippen molar-refractivity contribution in [2.45, 2.75) is 13.8 Å². The predicted octanol–water partition coefficient (Wildman–Crippen LogP) is 1.73. The topological polar surface area (TPSA) is 87.1 Å². The number of anilines is 1. The van der Waals surface area contributed by atoms with Crippen molar-refractivity contribution in [1.82, 2.24) is 10.7 Å². The highest BCUT2D eigenvalue weighted by Gasteiger charge is 2.04. The Morgan fingerprint density at radius 1 is 1.36 bits per heavy atom. The second-order valence-corrected chi connectivity index (χ2v) is 4.52. The number of rotatable bonds is 6. The zero-order valence-electron chi connectivity index (χ0n) is 12.7. The van der Waals surface area contributed by atoms with Gasteiger partial charge in [0.15, 0.2) is 5.11 Å². The quantitative estimate of drug-likeness (QED) is 0.320. The maximum Gasteiger partial charge on any atom is 0.338 e. The Kier molecular flexibility index (Phi) is 7.55. The van der Waals surface area contributed by atoms with Gasteiger partial charge in [-0.3, -0.25) is 10.9 Å². The maximum atomic E-state index is 11.5. The van der Waals surface area contributed by atoms with Crippen LogP contribution >= 0.6 is 12.2 Å². The summed E-state index contributed by atoms with van der Waals surface area (Å²) in [5, 5.41) is 11.2. The minimum Gasteiger partial charge on any atom is -0.462 e. The van der Waals surface area contributed by atoms with Gasteiger partial charge in [-0.05, 0) is 50.3 Å². The number of thiocarbonyl (C=S) groups is 1. The normalized spacial score (nSPS) is 11.1. The van der Waals surface area contributed by atoms with Crippen molar-refractivity contribution in [3.63, 3.8) is 0 Å². The second kappa shape index (κ2) is 9.46. The summed E-state index contributed by atoms with van der Waals surface area (Å²) in [6.45, 7) is 3.90. The van der Waals surface area contributed by atoms with E-state index in [9.17, 15) is 4.79 Å². The number of carbonyl (C=O) groups excluding carboxylic acids is 1. The van der Waals surface area contributed by atoms with Crippen LogP contribution in [0.3, 0.4) is 0 Å². The Morgan fingerprint density at radius 3 is 2.64 bits per heavy atom. The average molecular weight is 321 g/mol. The molecule has 0 saturated heterocycles. The Labute approximate surface area is 134 Å². The van der Waals surface area contributed by atoms with E-state index in [1.54, 1.807) is 51.4 Å². The Balaban J connectivity index is 2.52. The molecule has 0 aliphatic carbocycles. The third-order valence-electron chi connectivity index (χ3n) is 2.40. The van der Waals surface area contributed by atoms with Crippen molar-refractivity contribution in [1.29, 1.82) is 0 Å². The molecule has 0 amide bonds. The summed E-state index contributed by atoms with van der Waals surface area (Å²) >= 11 is 4.89. The molecule has 0 aliphatic rings. The third kappa shape index (κ3) is 6.31. The van der Waals surface area contributed by atoms with E-state index in [2.05, 4.69) is 26.4 Å². The molecule has 0 unspecified atom stereocenters. The van der Waals surface area contributed by atoms with E-state index < -0.39 is 0 Å². The van der Waals surface area contributed by atoms with Crippen LogP contribution in [0.1, 0.15) is 24.2 Å². The molecule has 1 aromatic rings. The zero-order chi connectivity index (χ0) is 16.4. The van der Waals surface area contributed by atoms with Gasteiger partial charge in [0.25, 0.3) is 0 Å². The molecular weight excluding hydrogens is 302 g/mol. The minimum absolute atomic E-state index is 0.341. The first kappa shape index (κ1) is 17.6. The van der Waals surface area contributed by atoms with Crippen LogP contribution in [-0.4, -0.2) is 36.7 Å². The first-order valence-electron chi connectivity index (χ1n) is 6.65. The molecule has 22 heavy (non-hydrogen) atoms. The van der Waals surface area contributed by atoms with Crippen LogP contribution in [-0.2, 0) is 4.74 Å². The van der Waals surface area contributed by atoms with E-state index in [1.807, 2.05) is 0 Å². The molecule has 8 heteroatoms. The highest BCUT2D eigenvalue weighted by Crippen LogP contribution is 2.10. The standard InChI is InChI=1S/C14H19N5O2S/c1-4-21-13(20)11-5-7-12(8-6-11)18-16-9-10(2)17-19-14(22)15-3/h5-9,18H,4H2,1-3H3,(H2,15,19,22)/b16-9+,17-10+. The van der Waals surface area contributed by atoms with Crippen LogP contribution in [0.5, 0.6) is 0 Å². The highest BCUT2D eigenvalue weighted by atomic mass is 32.1. The maximum absolute atomic E-state index is 11.5. The molecule has 0 heterocycles. The molecule has 0 saturated carbocycles.